The zero-order valence-corrected chi connectivity index (χ0v) is 10.7. The van der Waals surface area contributed by atoms with Crippen LogP contribution in [0.15, 0.2) is 54.7 Å². The van der Waals surface area contributed by atoms with Crippen LogP contribution in [0.2, 0.25) is 0 Å². The van der Waals surface area contributed by atoms with E-state index in [1.54, 1.807) is 0 Å². The van der Waals surface area contributed by atoms with Crippen molar-refractivity contribution in [2.45, 2.75) is 6.73 Å². The van der Waals surface area contributed by atoms with Gasteiger partial charge in [0.05, 0.1) is 17.0 Å². The molecule has 20 heavy (non-hydrogen) atoms. The molecule has 1 aliphatic rings. The predicted molar refractivity (Wildman–Crippen MR) is 77.6 cm³/mol. The van der Waals surface area contributed by atoms with Crippen molar-refractivity contribution in [3.8, 4) is 5.75 Å². The molecule has 3 aromatic carbocycles. The molecule has 0 N–H and O–H groups in total. The quantitative estimate of drug-likeness (QED) is 0.358. The van der Waals surface area contributed by atoms with E-state index in [2.05, 4.69) is 47.6 Å². The lowest BCUT2D eigenvalue weighted by Gasteiger charge is -2.15. The number of aromatic nitrogens is 2. The Bertz CT molecular complexity index is 925. The largest absolute Gasteiger partial charge is 0.433 e. The molecule has 0 aliphatic carbocycles. The molecule has 5 rings (SSSR count). The van der Waals surface area contributed by atoms with Crippen LogP contribution in [-0.4, -0.2) is 5.10 Å². The predicted octanol–water partition coefficient (Wildman–Crippen LogP) is 3.18. The smallest absolute Gasteiger partial charge is 0.317 e. The molecule has 4 aromatic rings. The maximum absolute atomic E-state index is 5.84. The topological polar surface area (TPSA) is 26.0 Å². The van der Waals surface area contributed by atoms with Crippen molar-refractivity contribution < 1.29 is 9.42 Å². The summed E-state index contributed by atoms with van der Waals surface area (Å²) in [6.07, 6.45) is 1.85. The third kappa shape index (κ3) is 1.11. The molecule has 0 saturated heterocycles. The Kier molecular flexibility index (Phi) is 1.75. The van der Waals surface area contributed by atoms with E-state index >= 15 is 0 Å². The molecular formula is C17H11N2O+. The van der Waals surface area contributed by atoms with Crippen molar-refractivity contribution in [2.75, 3.05) is 0 Å². The fourth-order valence-corrected chi connectivity index (χ4v) is 3.25. The van der Waals surface area contributed by atoms with Gasteiger partial charge in [0.15, 0.2) is 0 Å². The zero-order valence-electron chi connectivity index (χ0n) is 10.7. The van der Waals surface area contributed by atoms with Gasteiger partial charge in [-0.1, -0.05) is 36.4 Å². The van der Waals surface area contributed by atoms with Crippen LogP contribution in [-0.2, 0) is 6.73 Å². The number of benzene rings is 3. The highest BCUT2D eigenvalue weighted by Crippen LogP contribution is 2.38. The lowest BCUT2D eigenvalue weighted by molar-refractivity contribution is -0.756. The molecule has 1 aliphatic heterocycles. The van der Waals surface area contributed by atoms with Crippen LogP contribution in [0.3, 0.4) is 0 Å². The van der Waals surface area contributed by atoms with Crippen molar-refractivity contribution in [3.63, 3.8) is 0 Å². The fourth-order valence-electron chi connectivity index (χ4n) is 3.25. The zero-order chi connectivity index (χ0) is 13.1. The van der Waals surface area contributed by atoms with Crippen LogP contribution >= 0.6 is 0 Å². The summed E-state index contributed by atoms with van der Waals surface area (Å²) in [6.45, 7) is 0.474. The van der Waals surface area contributed by atoms with Gasteiger partial charge in [-0.2, -0.15) is 0 Å². The molecule has 2 heterocycles. The average molecular weight is 259 g/mol. The van der Waals surface area contributed by atoms with Crippen LogP contribution in [0.4, 0.5) is 0 Å². The van der Waals surface area contributed by atoms with E-state index in [4.69, 9.17) is 4.74 Å². The minimum Gasteiger partial charge on any atom is -0.433 e. The first-order chi connectivity index (χ1) is 9.93. The molecular weight excluding hydrogens is 248 g/mol. The fraction of sp³-hybridized carbons (Fsp3) is 0.0588. The van der Waals surface area contributed by atoms with E-state index in [0.717, 1.165) is 5.75 Å². The molecule has 3 heteroatoms. The molecule has 0 saturated carbocycles. The average Bonchev–Trinajstić information content (AvgIpc) is 2.53. The van der Waals surface area contributed by atoms with E-state index in [0.29, 0.717) is 6.73 Å². The lowest BCUT2D eigenvalue weighted by Crippen LogP contribution is -2.43. The molecule has 0 spiro atoms. The van der Waals surface area contributed by atoms with E-state index in [9.17, 15) is 0 Å². The first-order valence-electron chi connectivity index (χ1n) is 6.68. The molecule has 1 aromatic heterocycles. The number of fused-ring (bicyclic) bond motifs is 3. The second-order valence-electron chi connectivity index (χ2n) is 5.09. The van der Waals surface area contributed by atoms with Crippen molar-refractivity contribution in [1.82, 2.24) is 5.10 Å². The van der Waals surface area contributed by atoms with Gasteiger partial charge in [-0.15, -0.1) is 0 Å². The molecule has 0 radical (unpaired) electrons. The summed E-state index contributed by atoms with van der Waals surface area (Å²) in [5.41, 5.74) is 1.17. The van der Waals surface area contributed by atoms with Gasteiger partial charge in [0.2, 0.25) is 0 Å². The Balaban J connectivity index is 2.26. The van der Waals surface area contributed by atoms with Crippen molar-refractivity contribution >= 4 is 32.4 Å². The van der Waals surface area contributed by atoms with Crippen LogP contribution in [0.25, 0.3) is 32.4 Å². The summed E-state index contributed by atoms with van der Waals surface area (Å²) in [4.78, 5) is 0. The van der Waals surface area contributed by atoms with Gasteiger partial charge in [-0.3, -0.25) is 0 Å². The van der Waals surface area contributed by atoms with E-state index in [-0.39, 0.29) is 0 Å². The van der Waals surface area contributed by atoms with Crippen LogP contribution in [0, 0.1) is 0 Å². The molecule has 0 amide bonds. The normalized spacial score (nSPS) is 13.2. The second-order valence-corrected chi connectivity index (χ2v) is 5.09. The summed E-state index contributed by atoms with van der Waals surface area (Å²) < 4.78 is 7.78. The molecule has 0 unspecified atom stereocenters. The Morgan fingerprint density at radius 3 is 2.55 bits per heavy atom. The summed E-state index contributed by atoms with van der Waals surface area (Å²) in [6, 6.07) is 16.9. The van der Waals surface area contributed by atoms with Gasteiger partial charge in [0, 0.05) is 5.39 Å². The van der Waals surface area contributed by atoms with Gasteiger partial charge < -0.3 is 4.74 Å². The molecule has 0 atom stereocenters. The monoisotopic (exact) mass is 259 g/mol. The minimum absolute atomic E-state index is 0.474. The number of hydrogen-bond acceptors (Lipinski definition) is 2. The Hall–Kier alpha value is -2.68. The van der Waals surface area contributed by atoms with Crippen molar-refractivity contribution in [3.05, 3.63) is 54.7 Å². The van der Waals surface area contributed by atoms with Gasteiger partial charge in [0.1, 0.15) is 5.75 Å². The maximum atomic E-state index is 5.84. The third-order valence-corrected chi connectivity index (χ3v) is 4.07. The Morgan fingerprint density at radius 1 is 0.850 bits per heavy atom. The summed E-state index contributed by atoms with van der Waals surface area (Å²) in [5.74, 6) is 0.950. The van der Waals surface area contributed by atoms with Gasteiger partial charge in [0.25, 0.3) is 5.52 Å². The summed E-state index contributed by atoms with van der Waals surface area (Å²) in [7, 11) is 0. The maximum Gasteiger partial charge on any atom is 0.317 e. The summed E-state index contributed by atoms with van der Waals surface area (Å²) in [5, 5.41) is 10.6. The van der Waals surface area contributed by atoms with Crippen LogP contribution in [0.1, 0.15) is 0 Å². The number of nitrogens with zero attached hydrogens (tertiary/aromatic N) is 2. The highest BCUT2D eigenvalue weighted by Gasteiger charge is 2.25. The first kappa shape index (κ1) is 10.1. The second kappa shape index (κ2) is 3.45. The first-order valence-corrected chi connectivity index (χ1v) is 6.68. The SMILES string of the molecule is c1ccc2c(c1)c1cccc3c1c1c2ccn[n+]1CO3. The lowest BCUT2D eigenvalue weighted by atomic mass is 9.96. The van der Waals surface area contributed by atoms with Crippen molar-refractivity contribution in [1.29, 1.82) is 0 Å². The van der Waals surface area contributed by atoms with E-state index < -0.39 is 0 Å². The molecule has 3 nitrogen and oxygen atoms in total. The Labute approximate surface area is 115 Å². The summed E-state index contributed by atoms with van der Waals surface area (Å²) >= 11 is 0. The van der Waals surface area contributed by atoms with E-state index in [1.165, 1.54) is 32.4 Å². The number of hydrogen-bond donors (Lipinski definition) is 0. The molecule has 0 bridgehead atoms. The standard InChI is InChI=1S/C17H11N2O/c1-2-5-12-11(4-1)13-6-3-7-15-16(13)17-14(12)8-9-18-19(17)10-20-15/h1-9H,10H2/q+1. The van der Waals surface area contributed by atoms with Gasteiger partial charge in [-0.05, 0) is 32.7 Å². The third-order valence-electron chi connectivity index (χ3n) is 4.07. The number of ether oxygens (including phenoxy) is 1. The highest BCUT2D eigenvalue weighted by atomic mass is 16.5. The van der Waals surface area contributed by atoms with Crippen LogP contribution < -0.4 is 9.42 Å². The highest BCUT2D eigenvalue weighted by molar-refractivity contribution is 6.24. The Morgan fingerprint density at radius 2 is 1.65 bits per heavy atom. The molecule has 0 fully saturated rings. The van der Waals surface area contributed by atoms with Crippen LogP contribution in [0.5, 0.6) is 5.75 Å². The molecule has 94 valence electrons. The van der Waals surface area contributed by atoms with Gasteiger partial charge in [-0.25, -0.2) is 0 Å². The van der Waals surface area contributed by atoms with Gasteiger partial charge >= 0.3 is 6.73 Å². The van der Waals surface area contributed by atoms with E-state index in [1.807, 2.05) is 16.9 Å². The number of rotatable bonds is 0. The van der Waals surface area contributed by atoms with Crippen molar-refractivity contribution in [2.24, 2.45) is 0 Å². The minimum atomic E-state index is 0.474.